The minimum absolute atomic E-state index is 0.104. The maximum atomic E-state index is 12.3. The maximum absolute atomic E-state index is 12.3. The van der Waals surface area contributed by atoms with E-state index in [1.54, 1.807) is 19.1 Å². The second-order valence-electron chi connectivity index (χ2n) is 4.44. The Labute approximate surface area is 120 Å². The van der Waals surface area contributed by atoms with Crippen molar-refractivity contribution in [3.8, 4) is 11.8 Å². The van der Waals surface area contributed by atoms with Gasteiger partial charge in [-0.05, 0) is 31.5 Å². The first-order valence-corrected chi connectivity index (χ1v) is 7.60. The van der Waals surface area contributed by atoms with Crippen molar-refractivity contribution in [2.75, 3.05) is 20.3 Å². The lowest BCUT2D eigenvalue weighted by atomic mass is 10.1. The molecule has 0 spiro atoms. The molecule has 0 amide bonds. The number of sulfonamides is 1. The predicted octanol–water partition coefficient (Wildman–Crippen LogP) is 0.652. The Morgan fingerprint density at radius 2 is 2.15 bits per heavy atom. The third-order valence-corrected chi connectivity index (χ3v) is 4.15. The van der Waals surface area contributed by atoms with Gasteiger partial charge in [-0.1, -0.05) is 17.9 Å². The Kier molecular flexibility index (Phi) is 6.17. The van der Waals surface area contributed by atoms with Crippen LogP contribution in [-0.2, 0) is 14.8 Å². The van der Waals surface area contributed by atoms with Crippen LogP contribution in [0.25, 0.3) is 0 Å². The third-order valence-electron chi connectivity index (χ3n) is 2.50. The molecule has 0 aliphatic rings. The van der Waals surface area contributed by atoms with Gasteiger partial charge in [0.1, 0.15) is 6.61 Å². The van der Waals surface area contributed by atoms with Crippen molar-refractivity contribution in [1.82, 2.24) is 4.72 Å². The molecule has 0 aliphatic carbocycles. The van der Waals surface area contributed by atoms with Crippen LogP contribution >= 0.6 is 0 Å². The van der Waals surface area contributed by atoms with E-state index in [1.807, 2.05) is 6.92 Å². The number of ether oxygens (including phenoxy) is 1. The maximum Gasteiger partial charge on any atom is 0.242 e. The fourth-order valence-electron chi connectivity index (χ4n) is 1.72. The van der Waals surface area contributed by atoms with E-state index in [1.165, 1.54) is 13.2 Å². The lowest BCUT2D eigenvalue weighted by Crippen LogP contribution is -2.35. The highest BCUT2D eigenvalue weighted by Gasteiger charge is 2.20. The lowest BCUT2D eigenvalue weighted by Gasteiger charge is -2.14. The van der Waals surface area contributed by atoms with E-state index in [9.17, 15) is 8.42 Å². The molecule has 20 heavy (non-hydrogen) atoms. The molecule has 6 heteroatoms. The van der Waals surface area contributed by atoms with E-state index >= 15 is 0 Å². The van der Waals surface area contributed by atoms with Crippen LogP contribution in [0.15, 0.2) is 23.1 Å². The first kappa shape index (κ1) is 16.7. The summed E-state index contributed by atoms with van der Waals surface area (Å²) < 4.78 is 32.1. The molecule has 1 aromatic rings. The summed E-state index contributed by atoms with van der Waals surface area (Å²) >= 11 is 0. The molecule has 1 unspecified atom stereocenters. The van der Waals surface area contributed by atoms with Crippen LogP contribution in [-0.4, -0.2) is 39.9 Å². The zero-order valence-electron chi connectivity index (χ0n) is 11.8. The van der Waals surface area contributed by atoms with Gasteiger partial charge in [0, 0.05) is 18.7 Å². The number of rotatable bonds is 5. The molecule has 110 valence electrons. The first-order valence-electron chi connectivity index (χ1n) is 6.12. The Morgan fingerprint density at radius 1 is 1.45 bits per heavy atom. The molecule has 0 bridgehead atoms. The Bertz CT molecular complexity index is 614. The molecule has 0 fully saturated rings. The normalized spacial score (nSPS) is 12.6. The molecule has 0 saturated heterocycles. The first-order chi connectivity index (χ1) is 9.40. The fourth-order valence-corrected chi connectivity index (χ4v) is 3.09. The molecular weight excluding hydrogens is 278 g/mol. The molecule has 0 aliphatic heterocycles. The monoisotopic (exact) mass is 297 g/mol. The smallest absolute Gasteiger partial charge is 0.242 e. The van der Waals surface area contributed by atoms with Gasteiger partial charge in [-0.3, -0.25) is 0 Å². The van der Waals surface area contributed by atoms with Crippen LogP contribution in [0.1, 0.15) is 18.1 Å². The van der Waals surface area contributed by atoms with Crippen molar-refractivity contribution in [3.63, 3.8) is 0 Å². The summed E-state index contributed by atoms with van der Waals surface area (Å²) in [6, 6.07) is 4.56. The summed E-state index contributed by atoms with van der Waals surface area (Å²) in [5.41, 5.74) is 1.27. The van der Waals surface area contributed by atoms with Gasteiger partial charge in [-0.15, -0.1) is 0 Å². The van der Waals surface area contributed by atoms with Gasteiger partial charge in [-0.25, -0.2) is 13.1 Å². The van der Waals surface area contributed by atoms with Gasteiger partial charge < -0.3 is 9.84 Å². The van der Waals surface area contributed by atoms with Crippen LogP contribution in [0.2, 0.25) is 0 Å². The molecule has 1 atom stereocenters. The molecule has 0 radical (unpaired) electrons. The molecule has 0 aromatic heterocycles. The van der Waals surface area contributed by atoms with Crippen LogP contribution < -0.4 is 4.72 Å². The standard InChI is InChI=1S/C14H19NO4S/c1-11-6-7-14(13(9-11)5-4-8-16)20(17,18)15-12(2)10-19-3/h6-7,9,12,15-16H,8,10H2,1-3H3. The summed E-state index contributed by atoms with van der Waals surface area (Å²) in [6.45, 7) is 3.53. The minimum Gasteiger partial charge on any atom is -0.384 e. The van der Waals surface area contributed by atoms with E-state index in [2.05, 4.69) is 16.6 Å². The molecule has 0 heterocycles. The van der Waals surface area contributed by atoms with Crippen molar-refractivity contribution in [3.05, 3.63) is 29.3 Å². The van der Waals surface area contributed by atoms with Gasteiger partial charge in [0.25, 0.3) is 0 Å². The van der Waals surface area contributed by atoms with Gasteiger partial charge in [0.2, 0.25) is 10.0 Å². The third kappa shape index (κ3) is 4.62. The summed E-state index contributed by atoms with van der Waals surface area (Å²) in [4.78, 5) is 0.104. The fraction of sp³-hybridized carbons (Fsp3) is 0.429. The number of aliphatic hydroxyl groups is 1. The lowest BCUT2D eigenvalue weighted by molar-refractivity contribution is 0.180. The molecule has 1 rings (SSSR count). The van der Waals surface area contributed by atoms with Crippen molar-refractivity contribution in [1.29, 1.82) is 0 Å². The SMILES string of the molecule is COCC(C)NS(=O)(=O)c1ccc(C)cc1C#CCO. The topological polar surface area (TPSA) is 75.6 Å². The van der Waals surface area contributed by atoms with Crippen molar-refractivity contribution in [2.24, 2.45) is 0 Å². The van der Waals surface area contributed by atoms with Gasteiger partial charge in [0.05, 0.1) is 11.5 Å². The van der Waals surface area contributed by atoms with E-state index in [0.29, 0.717) is 5.56 Å². The summed E-state index contributed by atoms with van der Waals surface area (Å²) in [5, 5.41) is 8.75. The van der Waals surface area contributed by atoms with Gasteiger partial charge in [-0.2, -0.15) is 0 Å². The van der Waals surface area contributed by atoms with E-state index in [-0.39, 0.29) is 24.2 Å². The Balaban J connectivity index is 3.17. The van der Waals surface area contributed by atoms with E-state index < -0.39 is 10.0 Å². The number of aliphatic hydroxyl groups excluding tert-OH is 1. The molecule has 2 N–H and O–H groups in total. The second kappa shape index (κ2) is 7.41. The highest BCUT2D eigenvalue weighted by molar-refractivity contribution is 7.89. The summed E-state index contributed by atoms with van der Waals surface area (Å²) in [6.07, 6.45) is 0. The van der Waals surface area contributed by atoms with Gasteiger partial charge in [0.15, 0.2) is 0 Å². The minimum atomic E-state index is -3.67. The molecular formula is C14H19NO4S. The molecule has 0 saturated carbocycles. The van der Waals surface area contributed by atoms with Crippen LogP contribution in [0.5, 0.6) is 0 Å². The van der Waals surface area contributed by atoms with Crippen molar-refractivity contribution < 1.29 is 18.3 Å². The van der Waals surface area contributed by atoms with Crippen LogP contribution in [0.3, 0.4) is 0 Å². The average Bonchev–Trinajstić information content (AvgIpc) is 2.35. The highest BCUT2D eigenvalue weighted by Crippen LogP contribution is 2.17. The average molecular weight is 297 g/mol. The quantitative estimate of drug-likeness (QED) is 0.783. The van der Waals surface area contributed by atoms with E-state index in [4.69, 9.17) is 9.84 Å². The number of nitrogens with one attached hydrogen (secondary N) is 1. The van der Waals surface area contributed by atoms with E-state index in [0.717, 1.165) is 5.56 Å². The highest BCUT2D eigenvalue weighted by atomic mass is 32.2. The second-order valence-corrected chi connectivity index (χ2v) is 6.12. The van der Waals surface area contributed by atoms with Crippen LogP contribution in [0.4, 0.5) is 0 Å². The Morgan fingerprint density at radius 3 is 2.75 bits per heavy atom. The number of aryl methyl sites for hydroxylation is 1. The van der Waals surface area contributed by atoms with Crippen molar-refractivity contribution in [2.45, 2.75) is 24.8 Å². The number of benzene rings is 1. The largest absolute Gasteiger partial charge is 0.384 e. The zero-order valence-corrected chi connectivity index (χ0v) is 12.6. The summed E-state index contributed by atoms with van der Waals surface area (Å²) in [5.74, 6) is 5.14. The van der Waals surface area contributed by atoms with Crippen LogP contribution in [0, 0.1) is 18.8 Å². The molecule has 5 nitrogen and oxygen atoms in total. The van der Waals surface area contributed by atoms with Gasteiger partial charge >= 0.3 is 0 Å². The number of methoxy groups -OCH3 is 1. The summed E-state index contributed by atoms with van der Waals surface area (Å²) in [7, 11) is -2.16. The zero-order chi connectivity index (χ0) is 15.2. The Hall–Kier alpha value is -1.39. The van der Waals surface area contributed by atoms with Crippen molar-refractivity contribution >= 4 is 10.0 Å². The molecule has 1 aromatic carbocycles. The number of hydrogen-bond acceptors (Lipinski definition) is 4. The predicted molar refractivity (Wildman–Crippen MR) is 76.8 cm³/mol. The number of hydrogen-bond donors (Lipinski definition) is 2.